The van der Waals surface area contributed by atoms with E-state index in [4.69, 9.17) is 15.1 Å². The molecule has 0 heterocycles. The molecular weight excluding hydrogens is 185 g/mol. The van der Waals surface area contributed by atoms with Crippen LogP contribution in [-0.2, 0) is 6.42 Å². The minimum Gasteiger partial charge on any atom is -0.493 e. The van der Waals surface area contributed by atoms with Crippen LogP contribution in [0.5, 0.6) is 5.75 Å². The van der Waals surface area contributed by atoms with E-state index in [1.807, 2.05) is 0 Å². The van der Waals surface area contributed by atoms with Crippen molar-refractivity contribution in [1.82, 2.24) is 0 Å². The molecule has 74 valence electrons. The first-order chi connectivity index (χ1) is 6.74. The van der Waals surface area contributed by atoms with Gasteiger partial charge in [0.1, 0.15) is 6.07 Å². The van der Waals surface area contributed by atoms with Gasteiger partial charge in [-0.2, -0.15) is 5.26 Å². The molecule has 0 atom stereocenters. The number of aliphatic hydroxyl groups is 1. The van der Waals surface area contributed by atoms with E-state index in [1.54, 1.807) is 12.1 Å². The van der Waals surface area contributed by atoms with Crippen molar-refractivity contribution in [2.75, 3.05) is 13.7 Å². The highest BCUT2D eigenvalue weighted by atomic mass is 19.1. The molecule has 0 bridgehead atoms. The summed E-state index contributed by atoms with van der Waals surface area (Å²) in [6.45, 7) is -0.0816. The lowest BCUT2D eigenvalue weighted by molar-refractivity contribution is 0.295. The van der Waals surface area contributed by atoms with Crippen LogP contribution in [0.4, 0.5) is 4.39 Å². The quantitative estimate of drug-likeness (QED) is 0.789. The molecule has 1 aromatic carbocycles. The molecule has 0 saturated heterocycles. The van der Waals surface area contributed by atoms with Gasteiger partial charge < -0.3 is 9.84 Å². The molecular formula is C10H10FNO2. The van der Waals surface area contributed by atoms with Crippen LogP contribution < -0.4 is 4.74 Å². The van der Waals surface area contributed by atoms with Crippen molar-refractivity contribution in [3.8, 4) is 11.8 Å². The molecule has 0 aromatic heterocycles. The highest BCUT2D eigenvalue weighted by Gasteiger charge is 2.13. The fourth-order valence-electron chi connectivity index (χ4n) is 1.22. The number of hydrogen-bond acceptors (Lipinski definition) is 3. The number of hydrogen-bond donors (Lipinski definition) is 1. The van der Waals surface area contributed by atoms with Gasteiger partial charge in [-0.05, 0) is 18.1 Å². The van der Waals surface area contributed by atoms with Crippen LogP contribution in [0.2, 0.25) is 0 Å². The number of nitrogens with zero attached hydrogens (tertiary/aromatic N) is 1. The zero-order valence-corrected chi connectivity index (χ0v) is 7.75. The van der Waals surface area contributed by atoms with E-state index in [2.05, 4.69) is 0 Å². The van der Waals surface area contributed by atoms with Crippen molar-refractivity contribution in [3.05, 3.63) is 29.1 Å². The van der Waals surface area contributed by atoms with E-state index < -0.39 is 5.82 Å². The summed E-state index contributed by atoms with van der Waals surface area (Å²) in [7, 11) is 1.33. The van der Waals surface area contributed by atoms with Gasteiger partial charge in [-0.3, -0.25) is 0 Å². The second-order valence-corrected chi connectivity index (χ2v) is 2.70. The van der Waals surface area contributed by atoms with Crippen molar-refractivity contribution in [1.29, 1.82) is 5.26 Å². The van der Waals surface area contributed by atoms with Crippen molar-refractivity contribution < 1.29 is 14.2 Å². The Hall–Kier alpha value is -1.60. The van der Waals surface area contributed by atoms with Crippen molar-refractivity contribution in [2.24, 2.45) is 0 Å². The highest BCUT2D eigenvalue weighted by molar-refractivity contribution is 5.44. The first-order valence-corrected chi connectivity index (χ1v) is 4.11. The summed E-state index contributed by atoms with van der Waals surface area (Å²) < 4.78 is 18.3. The Morgan fingerprint density at radius 2 is 2.29 bits per heavy atom. The predicted octanol–water partition coefficient (Wildman–Crippen LogP) is 1.24. The van der Waals surface area contributed by atoms with Gasteiger partial charge in [0.05, 0.1) is 12.7 Å². The monoisotopic (exact) mass is 195 g/mol. The standard InChI is InChI=1S/C10H10FNO2/c1-14-10-7(4-5-13)2-3-8(6-12)9(10)11/h2-3,13H,4-5H2,1H3. The predicted molar refractivity (Wildman–Crippen MR) is 48.5 cm³/mol. The van der Waals surface area contributed by atoms with E-state index in [0.29, 0.717) is 12.0 Å². The van der Waals surface area contributed by atoms with Crippen LogP contribution in [0.15, 0.2) is 12.1 Å². The summed E-state index contributed by atoms with van der Waals surface area (Å²) in [5, 5.41) is 17.3. The number of ether oxygens (including phenoxy) is 1. The smallest absolute Gasteiger partial charge is 0.183 e. The zero-order valence-electron chi connectivity index (χ0n) is 7.75. The van der Waals surface area contributed by atoms with Crippen LogP contribution in [0.25, 0.3) is 0 Å². The highest BCUT2D eigenvalue weighted by Crippen LogP contribution is 2.25. The summed E-state index contributed by atoms with van der Waals surface area (Å²) >= 11 is 0. The maximum atomic E-state index is 13.4. The third-order valence-electron chi connectivity index (χ3n) is 1.88. The fourth-order valence-corrected chi connectivity index (χ4v) is 1.22. The van der Waals surface area contributed by atoms with E-state index in [0.717, 1.165) is 0 Å². The lowest BCUT2D eigenvalue weighted by Gasteiger charge is -2.08. The number of aliphatic hydroxyl groups excluding tert-OH is 1. The lowest BCUT2D eigenvalue weighted by Crippen LogP contribution is -2.00. The molecule has 4 heteroatoms. The first kappa shape index (κ1) is 10.5. The van der Waals surface area contributed by atoms with Crippen LogP contribution in [0.3, 0.4) is 0 Å². The van der Waals surface area contributed by atoms with Crippen LogP contribution >= 0.6 is 0 Å². The summed E-state index contributed by atoms with van der Waals surface area (Å²) in [5.41, 5.74) is 0.509. The third kappa shape index (κ3) is 1.83. The van der Waals surface area contributed by atoms with E-state index >= 15 is 0 Å². The van der Waals surface area contributed by atoms with Crippen LogP contribution in [0, 0.1) is 17.1 Å². The van der Waals surface area contributed by atoms with Gasteiger partial charge in [0, 0.05) is 6.61 Å². The molecule has 0 aliphatic carbocycles. The molecule has 0 saturated carbocycles. The summed E-state index contributed by atoms with van der Waals surface area (Å²) in [6, 6.07) is 4.68. The maximum Gasteiger partial charge on any atom is 0.183 e. The number of halogens is 1. The van der Waals surface area contributed by atoms with E-state index in [9.17, 15) is 4.39 Å². The molecule has 3 nitrogen and oxygen atoms in total. The Kier molecular flexibility index (Phi) is 3.43. The van der Waals surface area contributed by atoms with Gasteiger partial charge in [0.2, 0.25) is 0 Å². The maximum absolute atomic E-state index is 13.4. The van der Waals surface area contributed by atoms with Gasteiger partial charge >= 0.3 is 0 Å². The van der Waals surface area contributed by atoms with Crippen molar-refractivity contribution >= 4 is 0 Å². The molecule has 0 aliphatic rings. The Balaban J connectivity index is 3.23. The Morgan fingerprint density at radius 3 is 2.79 bits per heavy atom. The molecule has 1 aromatic rings. The Labute approximate surface area is 81.4 Å². The summed E-state index contributed by atoms with van der Waals surface area (Å²) in [6.07, 6.45) is 0.311. The lowest BCUT2D eigenvalue weighted by atomic mass is 10.1. The van der Waals surface area contributed by atoms with Crippen LogP contribution in [0.1, 0.15) is 11.1 Å². The van der Waals surface area contributed by atoms with E-state index in [-0.39, 0.29) is 17.9 Å². The van der Waals surface area contributed by atoms with Gasteiger partial charge in [-0.25, -0.2) is 4.39 Å². The number of rotatable bonds is 3. The molecule has 14 heavy (non-hydrogen) atoms. The van der Waals surface area contributed by atoms with Crippen molar-refractivity contribution in [2.45, 2.75) is 6.42 Å². The normalized spacial score (nSPS) is 9.57. The van der Waals surface area contributed by atoms with E-state index in [1.165, 1.54) is 13.2 Å². The summed E-state index contributed by atoms with van der Waals surface area (Å²) in [4.78, 5) is 0. The molecule has 0 amide bonds. The minimum atomic E-state index is -0.666. The average molecular weight is 195 g/mol. The summed E-state index contributed by atoms with van der Waals surface area (Å²) in [5.74, 6) is -0.626. The molecule has 0 radical (unpaired) electrons. The molecule has 0 aliphatic heterocycles. The Morgan fingerprint density at radius 1 is 1.57 bits per heavy atom. The van der Waals surface area contributed by atoms with Gasteiger partial charge in [0.25, 0.3) is 0 Å². The second-order valence-electron chi connectivity index (χ2n) is 2.70. The van der Waals surface area contributed by atoms with Gasteiger partial charge in [0.15, 0.2) is 11.6 Å². The molecule has 0 spiro atoms. The number of nitriles is 1. The minimum absolute atomic E-state index is 0.0399. The number of methoxy groups -OCH3 is 1. The number of benzene rings is 1. The largest absolute Gasteiger partial charge is 0.493 e. The molecule has 0 unspecified atom stereocenters. The molecule has 1 N–H and O–H groups in total. The second kappa shape index (κ2) is 4.58. The fraction of sp³-hybridized carbons (Fsp3) is 0.300. The van der Waals surface area contributed by atoms with Gasteiger partial charge in [-0.1, -0.05) is 6.07 Å². The Bertz CT molecular complexity index is 371. The SMILES string of the molecule is COc1c(CCO)ccc(C#N)c1F. The molecule has 1 rings (SSSR count). The average Bonchev–Trinajstić information content (AvgIpc) is 2.19. The van der Waals surface area contributed by atoms with Crippen LogP contribution in [-0.4, -0.2) is 18.8 Å². The van der Waals surface area contributed by atoms with Crippen molar-refractivity contribution in [3.63, 3.8) is 0 Å². The topological polar surface area (TPSA) is 53.2 Å². The molecule has 0 fully saturated rings. The third-order valence-corrected chi connectivity index (χ3v) is 1.88. The first-order valence-electron chi connectivity index (χ1n) is 4.11. The zero-order chi connectivity index (χ0) is 10.6. The van der Waals surface area contributed by atoms with Gasteiger partial charge in [-0.15, -0.1) is 0 Å².